The molecule has 1 N–H and O–H groups in total. The fourth-order valence-electron chi connectivity index (χ4n) is 4.02. The topological polar surface area (TPSA) is 24.5 Å². The van der Waals surface area contributed by atoms with E-state index in [4.69, 9.17) is 4.74 Å². The summed E-state index contributed by atoms with van der Waals surface area (Å²) in [5.41, 5.74) is 1.27. The van der Waals surface area contributed by atoms with Crippen LogP contribution in [0, 0.1) is 0 Å². The van der Waals surface area contributed by atoms with E-state index in [1.807, 2.05) is 12.1 Å². The maximum absolute atomic E-state index is 5.48. The molecule has 2 saturated heterocycles. The molecule has 3 heteroatoms. The molecule has 3 nitrogen and oxygen atoms in total. The Hall–Kier alpha value is -1.06. The molecule has 2 heterocycles. The Labute approximate surface area is 122 Å². The summed E-state index contributed by atoms with van der Waals surface area (Å²) in [5, 5.41) is 3.82. The summed E-state index contributed by atoms with van der Waals surface area (Å²) in [5.74, 6) is 0.989. The SMILES string of the molecule is COc1ccccc1[C@@H](C)NC1CC2CCC(C1)N2C. The minimum Gasteiger partial charge on any atom is -0.496 e. The van der Waals surface area contributed by atoms with Crippen molar-refractivity contribution in [3.8, 4) is 5.75 Å². The molecule has 0 amide bonds. The summed E-state index contributed by atoms with van der Waals surface area (Å²) in [4.78, 5) is 2.59. The number of piperidine rings is 1. The highest BCUT2D eigenvalue weighted by molar-refractivity contribution is 5.35. The maximum Gasteiger partial charge on any atom is 0.123 e. The number of fused-ring (bicyclic) bond motifs is 2. The number of rotatable bonds is 4. The smallest absolute Gasteiger partial charge is 0.123 e. The Morgan fingerprint density at radius 3 is 2.50 bits per heavy atom. The first-order chi connectivity index (χ1) is 9.69. The fourth-order valence-corrected chi connectivity index (χ4v) is 4.02. The lowest BCUT2D eigenvalue weighted by molar-refractivity contribution is 0.144. The predicted molar refractivity (Wildman–Crippen MR) is 82.1 cm³/mol. The highest BCUT2D eigenvalue weighted by Gasteiger charge is 2.38. The lowest BCUT2D eigenvalue weighted by Gasteiger charge is -2.38. The van der Waals surface area contributed by atoms with Crippen LogP contribution in [0.5, 0.6) is 5.75 Å². The molecule has 1 aromatic carbocycles. The van der Waals surface area contributed by atoms with Crippen LogP contribution in [0.15, 0.2) is 24.3 Å². The van der Waals surface area contributed by atoms with Gasteiger partial charge in [0.05, 0.1) is 7.11 Å². The summed E-state index contributed by atoms with van der Waals surface area (Å²) in [6.45, 7) is 2.25. The Morgan fingerprint density at radius 2 is 1.85 bits per heavy atom. The largest absolute Gasteiger partial charge is 0.496 e. The van der Waals surface area contributed by atoms with Gasteiger partial charge in [-0.15, -0.1) is 0 Å². The first-order valence-corrected chi connectivity index (χ1v) is 7.80. The van der Waals surface area contributed by atoms with Gasteiger partial charge in [-0.25, -0.2) is 0 Å². The van der Waals surface area contributed by atoms with E-state index in [0.29, 0.717) is 12.1 Å². The van der Waals surface area contributed by atoms with Gasteiger partial charge in [0.15, 0.2) is 0 Å². The van der Waals surface area contributed by atoms with Gasteiger partial charge in [0.1, 0.15) is 5.75 Å². The van der Waals surface area contributed by atoms with Crippen molar-refractivity contribution in [3.63, 3.8) is 0 Å². The fraction of sp³-hybridized carbons (Fsp3) is 0.647. The first kappa shape index (κ1) is 13.9. The van der Waals surface area contributed by atoms with Gasteiger partial charge in [-0.2, -0.15) is 0 Å². The lowest BCUT2D eigenvalue weighted by Crippen LogP contribution is -2.47. The Kier molecular flexibility index (Phi) is 3.99. The van der Waals surface area contributed by atoms with E-state index >= 15 is 0 Å². The molecule has 2 unspecified atom stereocenters. The molecule has 0 spiro atoms. The average Bonchev–Trinajstić information content (AvgIpc) is 2.68. The molecule has 2 aliphatic heterocycles. The Bertz CT molecular complexity index is 448. The maximum atomic E-state index is 5.48. The van der Waals surface area contributed by atoms with Crippen molar-refractivity contribution in [2.24, 2.45) is 0 Å². The van der Waals surface area contributed by atoms with Gasteiger partial charge in [0.25, 0.3) is 0 Å². The molecular formula is C17H26N2O. The van der Waals surface area contributed by atoms with Gasteiger partial charge in [-0.1, -0.05) is 18.2 Å². The van der Waals surface area contributed by atoms with Crippen LogP contribution in [0.2, 0.25) is 0 Å². The van der Waals surface area contributed by atoms with Gasteiger partial charge >= 0.3 is 0 Å². The molecule has 2 aliphatic rings. The Balaban J connectivity index is 1.66. The van der Waals surface area contributed by atoms with Crippen LogP contribution >= 0.6 is 0 Å². The zero-order chi connectivity index (χ0) is 14.1. The van der Waals surface area contributed by atoms with E-state index in [2.05, 4.69) is 36.3 Å². The molecule has 110 valence electrons. The first-order valence-electron chi connectivity index (χ1n) is 7.80. The Morgan fingerprint density at radius 1 is 1.20 bits per heavy atom. The molecule has 0 aromatic heterocycles. The van der Waals surface area contributed by atoms with Crippen LogP contribution < -0.4 is 10.1 Å². The molecule has 0 aliphatic carbocycles. The summed E-state index contributed by atoms with van der Waals surface area (Å²) in [6, 6.07) is 10.9. The van der Waals surface area contributed by atoms with Crippen molar-refractivity contribution >= 4 is 0 Å². The van der Waals surface area contributed by atoms with Crippen molar-refractivity contribution in [3.05, 3.63) is 29.8 Å². The van der Waals surface area contributed by atoms with Crippen LogP contribution in [0.4, 0.5) is 0 Å². The summed E-state index contributed by atoms with van der Waals surface area (Å²) in [6.07, 6.45) is 5.32. The van der Waals surface area contributed by atoms with Crippen molar-refractivity contribution < 1.29 is 4.74 Å². The number of hydrogen-bond acceptors (Lipinski definition) is 3. The summed E-state index contributed by atoms with van der Waals surface area (Å²) in [7, 11) is 4.05. The zero-order valence-corrected chi connectivity index (χ0v) is 12.8. The number of benzene rings is 1. The number of nitrogens with one attached hydrogen (secondary N) is 1. The van der Waals surface area contributed by atoms with E-state index in [1.165, 1.54) is 31.2 Å². The van der Waals surface area contributed by atoms with Crippen LogP contribution in [-0.2, 0) is 0 Å². The van der Waals surface area contributed by atoms with Crippen molar-refractivity contribution in [1.29, 1.82) is 0 Å². The van der Waals surface area contributed by atoms with E-state index in [0.717, 1.165) is 17.8 Å². The number of ether oxygens (including phenoxy) is 1. The van der Waals surface area contributed by atoms with Crippen LogP contribution in [-0.4, -0.2) is 37.2 Å². The van der Waals surface area contributed by atoms with Gasteiger partial charge in [0.2, 0.25) is 0 Å². The van der Waals surface area contributed by atoms with Gasteiger partial charge in [0, 0.05) is 29.7 Å². The average molecular weight is 274 g/mol. The standard InChI is InChI=1S/C17H26N2O/c1-12(16-6-4-5-7-17(16)20-3)18-13-10-14-8-9-15(11-13)19(14)2/h4-7,12-15,18H,8-11H2,1-3H3/t12-,13?,14?,15?/m1/s1. The highest BCUT2D eigenvalue weighted by Crippen LogP contribution is 2.35. The second kappa shape index (κ2) is 5.74. The second-order valence-electron chi connectivity index (χ2n) is 6.35. The second-order valence-corrected chi connectivity index (χ2v) is 6.35. The number of para-hydroxylation sites is 1. The van der Waals surface area contributed by atoms with Crippen LogP contribution in [0.25, 0.3) is 0 Å². The minimum atomic E-state index is 0.346. The van der Waals surface area contributed by atoms with Gasteiger partial charge in [-0.3, -0.25) is 0 Å². The molecule has 0 radical (unpaired) electrons. The molecule has 1 aromatic rings. The van der Waals surface area contributed by atoms with Crippen LogP contribution in [0.3, 0.4) is 0 Å². The van der Waals surface area contributed by atoms with E-state index in [9.17, 15) is 0 Å². The molecule has 2 fully saturated rings. The zero-order valence-electron chi connectivity index (χ0n) is 12.8. The van der Waals surface area contributed by atoms with E-state index in [-0.39, 0.29) is 0 Å². The minimum absolute atomic E-state index is 0.346. The molecule has 3 rings (SSSR count). The van der Waals surface area contributed by atoms with Gasteiger partial charge in [-0.05, 0) is 45.7 Å². The molecular weight excluding hydrogens is 248 g/mol. The number of nitrogens with zero attached hydrogens (tertiary/aromatic N) is 1. The van der Waals surface area contributed by atoms with Crippen molar-refractivity contribution in [2.75, 3.05) is 14.2 Å². The van der Waals surface area contributed by atoms with Crippen LogP contribution in [0.1, 0.15) is 44.2 Å². The molecule has 3 atom stereocenters. The number of methoxy groups -OCH3 is 1. The number of hydrogen-bond donors (Lipinski definition) is 1. The summed E-state index contributed by atoms with van der Waals surface area (Å²) >= 11 is 0. The van der Waals surface area contributed by atoms with E-state index in [1.54, 1.807) is 7.11 Å². The van der Waals surface area contributed by atoms with Crippen molar-refractivity contribution in [2.45, 2.75) is 56.8 Å². The monoisotopic (exact) mass is 274 g/mol. The highest BCUT2D eigenvalue weighted by atomic mass is 16.5. The molecule has 0 saturated carbocycles. The normalized spacial score (nSPS) is 31.2. The third-order valence-electron chi connectivity index (χ3n) is 5.19. The summed E-state index contributed by atoms with van der Waals surface area (Å²) < 4.78 is 5.48. The third-order valence-corrected chi connectivity index (χ3v) is 5.19. The lowest BCUT2D eigenvalue weighted by atomic mass is 9.96. The quantitative estimate of drug-likeness (QED) is 0.913. The van der Waals surface area contributed by atoms with E-state index < -0.39 is 0 Å². The molecule has 20 heavy (non-hydrogen) atoms. The van der Waals surface area contributed by atoms with Gasteiger partial charge < -0.3 is 15.0 Å². The predicted octanol–water partition coefficient (Wildman–Crippen LogP) is 2.97. The van der Waals surface area contributed by atoms with Crippen molar-refractivity contribution in [1.82, 2.24) is 10.2 Å². The third kappa shape index (κ3) is 2.57. The molecule has 2 bridgehead atoms.